The first-order chi connectivity index (χ1) is 19.3. The molecule has 0 aromatic heterocycles. The summed E-state index contributed by atoms with van der Waals surface area (Å²) in [4.78, 5) is 0. The maximum absolute atomic E-state index is 5.46. The summed E-state index contributed by atoms with van der Waals surface area (Å²) in [6.07, 6.45) is 0. The molecule has 0 amide bonds. The minimum Gasteiger partial charge on any atom is -0.497 e. The van der Waals surface area contributed by atoms with Gasteiger partial charge in [0.15, 0.2) is 0 Å². The zero-order chi connectivity index (χ0) is 28.4. The van der Waals surface area contributed by atoms with Gasteiger partial charge in [-0.3, -0.25) is 0 Å². The van der Waals surface area contributed by atoms with E-state index in [0.29, 0.717) is 0 Å². The van der Waals surface area contributed by atoms with Crippen LogP contribution in [0.1, 0.15) is 50.1 Å². The Morgan fingerprint density at radius 1 is 0.450 bits per heavy atom. The van der Waals surface area contributed by atoms with Gasteiger partial charge < -0.3 is 9.47 Å². The smallest absolute Gasteiger partial charge is 0.122 e. The lowest BCUT2D eigenvalue weighted by molar-refractivity contribution is 0.411. The van der Waals surface area contributed by atoms with Crippen molar-refractivity contribution in [3.8, 4) is 22.6 Å². The maximum Gasteiger partial charge on any atom is 0.122 e. The Labute approximate surface area is 239 Å². The van der Waals surface area contributed by atoms with Crippen molar-refractivity contribution in [3.63, 3.8) is 0 Å². The summed E-state index contributed by atoms with van der Waals surface area (Å²) in [5, 5.41) is 0. The molecule has 0 aliphatic heterocycles. The number of hydrogen-bond acceptors (Lipinski definition) is 2. The number of fused-ring (bicyclic) bond motifs is 3. The first-order valence-electron chi connectivity index (χ1n) is 13.8. The first-order valence-corrected chi connectivity index (χ1v) is 13.8. The fourth-order valence-electron chi connectivity index (χ4n) is 5.91. The van der Waals surface area contributed by atoms with Crippen LogP contribution in [0.5, 0.6) is 11.5 Å². The van der Waals surface area contributed by atoms with Crippen LogP contribution in [0.3, 0.4) is 0 Å². The molecule has 0 radical (unpaired) electrons. The highest BCUT2D eigenvalue weighted by Crippen LogP contribution is 2.56. The van der Waals surface area contributed by atoms with Gasteiger partial charge in [-0.05, 0) is 97.3 Å². The van der Waals surface area contributed by atoms with Gasteiger partial charge in [0.2, 0.25) is 0 Å². The van der Waals surface area contributed by atoms with Crippen molar-refractivity contribution in [1.82, 2.24) is 0 Å². The molecule has 0 saturated carbocycles. The average molecular weight is 527 g/mol. The Hall–Kier alpha value is -4.30. The second-order valence-electron chi connectivity index (χ2n) is 10.9. The van der Waals surface area contributed by atoms with Gasteiger partial charge in [-0.25, -0.2) is 0 Å². The maximum atomic E-state index is 5.46. The number of ether oxygens (including phenoxy) is 2. The van der Waals surface area contributed by atoms with Crippen molar-refractivity contribution in [1.29, 1.82) is 0 Å². The van der Waals surface area contributed by atoms with Crippen LogP contribution in [-0.4, -0.2) is 14.2 Å². The Morgan fingerprint density at radius 3 is 1.38 bits per heavy atom. The molecular formula is C38H38O2. The zero-order valence-corrected chi connectivity index (χ0v) is 24.6. The largest absolute Gasteiger partial charge is 0.497 e. The molecule has 202 valence electrons. The van der Waals surface area contributed by atoms with E-state index in [1.807, 2.05) is 13.0 Å². The molecule has 0 heterocycles. The summed E-state index contributed by atoms with van der Waals surface area (Å²) in [5.41, 5.74) is 13.9. The third-order valence-electron chi connectivity index (χ3n) is 8.02. The van der Waals surface area contributed by atoms with Crippen LogP contribution in [0.2, 0.25) is 0 Å². The fraction of sp³-hybridized carbons (Fsp3) is 0.211. The van der Waals surface area contributed by atoms with Gasteiger partial charge in [-0.15, -0.1) is 0 Å². The standard InChI is InChI=1S/C29H26O.C9H12O/c1-19-5-9-22(10-6-19)29(23-11-13-24(30-4)14-12-23)27-17-20(2)7-15-25(27)26-16-8-21(3)18-28(26)29;1-7-4-5-8(2)9(6-7)10-3/h5-18H,1-4H3;4-6H,1-3H3. The van der Waals surface area contributed by atoms with Crippen LogP contribution in [-0.2, 0) is 5.41 Å². The lowest BCUT2D eigenvalue weighted by Gasteiger charge is -2.34. The van der Waals surface area contributed by atoms with Crippen LogP contribution in [0.15, 0.2) is 103 Å². The molecule has 0 N–H and O–H groups in total. The third kappa shape index (κ3) is 4.79. The van der Waals surface area contributed by atoms with Gasteiger partial charge in [0.1, 0.15) is 11.5 Å². The predicted octanol–water partition coefficient (Wildman–Crippen LogP) is 9.30. The van der Waals surface area contributed by atoms with Crippen molar-refractivity contribution in [2.45, 2.75) is 40.0 Å². The van der Waals surface area contributed by atoms with Crippen LogP contribution in [0.25, 0.3) is 11.1 Å². The van der Waals surface area contributed by atoms with E-state index >= 15 is 0 Å². The van der Waals surface area contributed by atoms with Crippen molar-refractivity contribution < 1.29 is 9.47 Å². The molecule has 1 aliphatic carbocycles. The van der Waals surface area contributed by atoms with Crippen molar-refractivity contribution in [2.24, 2.45) is 0 Å². The summed E-state index contributed by atoms with van der Waals surface area (Å²) in [7, 11) is 3.42. The molecule has 40 heavy (non-hydrogen) atoms. The second-order valence-corrected chi connectivity index (χ2v) is 10.9. The quantitative estimate of drug-likeness (QED) is 0.228. The molecule has 0 atom stereocenters. The van der Waals surface area contributed by atoms with E-state index in [0.717, 1.165) is 11.5 Å². The van der Waals surface area contributed by atoms with E-state index in [9.17, 15) is 0 Å². The normalized spacial score (nSPS) is 12.6. The molecule has 2 heteroatoms. The minimum atomic E-state index is -0.345. The summed E-state index contributed by atoms with van der Waals surface area (Å²) < 4.78 is 10.6. The molecular weight excluding hydrogens is 488 g/mol. The highest BCUT2D eigenvalue weighted by Gasteiger charge is 2.46. The molecule has 6 rings (SSSR count). The Bertz CT molecular complexity index is 1590. The Morgan fingerprint density at radius 2 is 0.900 bits per heavy atom. The Kier molecular flexibility index (Phi) is 7.54. The predicted molar refractivity (Wildman–Crippen MR) is 167 cm³/mol. The number of benzene rings is 5. The van der Waals surface area contributed by atoms with E-state index in [-0.39, 0.29) is 5.41 Å². The van der Waals surface area contributed by atoms with E-state index in [4.69, 9.17) is 9.47 Å². The topological polar surface area (TPSA) is 18.5 Å². The van der Waals surface area contributed by atoms with Crippen LogP contribution < -0.4 is 9.47 Å². The van der Waals surface area contributed by atoms with Crippen LogP contribution >= 0.6 is 0 Å². The second kappa shape index (κ2) is 11.1. The minimum absolute atomic E-state index is 0.345. The Balaban J connectivity index is 0.000000274. The molecule has 0 spiro atoms. The van der Waals surface area contributed by atoms with E-state index < -0.39 is 0 Å². The van der Waals surface area contributed by atoms with Crippen molar-refractivity contribution in [3.05, 3.63) is 153 Å². The molecule has 0 bridgehead atoms. The van der Waals surface area contributed by atoms with Crippen LogP contribution in [0, 0.1) is 34.6 Å². The van der Waals surface area contributed by atoms with E-state index in [1.165, 1.54) is 61.2 Å². The van der Waals surface area contributed by atoms with E-state index in [2.05, 4.69) is 125 Å². The van der Waals surface area contributed by atoms with Gasteiger partial charge in [0, 0.05) is 0 Å². The fourth-order valence-corrected chi connectivity index (χ4v) is 5.91. The third-order valence-corrected chi connectivity index (χ3v) is 8.02. The number of hydrogen-bond donors (Lipinski definition) is 0. The first kappa shape index (κ1) is 27.3. The monoisotopic (exact) mass is 526 g/mol. The van der Waals surface area contributed by atoms with Gasteiger partial charge in [-0.2, -0.15) is 0 Å². The summed E-state index contributed by atoms with van der Waals surface area (Å²) in [5.74, 6) is 1.85. The zero-order valence-electron chi connectivity index (χ0n) is 24.6. The summed E-state index contributed by atoms with van der Waals surface area (Å²) in [6, 6.07) is 37.6. The van der Waals surface area contributed by atoms with Gasteiger partial charge in [0.25, 0.3) is 0 Å². The van der Waals surface area contributed by atoms with Crippen molar-refractivity contribution >= 4 is 0 Å². The molecule has 0 saturated heterocycles. The van der Waals surface area contributed by atoms with Gasteiger partial charge in [-0.1, -0.05) is 102 Å². The lowest BCUT2D eigenvalue weighted by atomic mass is 9.67. The van der Waals surface area contributed by atoms with Crippen molar-refractivity contribution in [2.75, 3.05) is 14.2 Å². The molecule has 1 aliphatic rings. The average Bonchev–Trinajstić information content (AvgIpc) is 3.24. The molecule has 0 unspecified atom stereocenters. The SMILES string of the molecule is COc1cc(C)ccc1C.COc1ccc(C2(c3ccc(C)cc3)c3cc(C)ccc3-c3ccc(C)cc32)cc1. The highest BCUT2D eigenvalue weighted by molar-refractivity contribution is 5.86. The molecule has 0 fully saturated rings. The van der Waals surface area contributed by atoms with Gasteiger partial charge >= 0.3 is 0 Å². The molecule has 5 aromatic rings. The van der Waals surface area contributed by atoms with E-state index in [1.54, 1.807) is 14.2 Å². The number of aryl methyl sites for hydroxylation is 5. The number of rotatable bonds is 4. The lowest BCUT2D eigenvalue weighted by Crippen LogP contribution is -2.28. The number of methoxy groups -OCH3 is 2. The molecule has 2 nitrogen and oxygen atoms in total. The highest BCUT2D eigenvalue weighted by atomic mass is 16.5. The summed E-state index contributed by atoms with van der Waals surface area (Å²) >= 11 is 0. The van der Waals surface area contributed by atoms with Crippen LogP contribution in [0.4, 0.5) is 0 Å². The molecule has 5 aromatic carbocycles. The van der Waals surface area contributed by atoms with Gasteiger partial charge in [0.05, 0.1) is 19.6 Å². The summed E-state index contributed by atoms with van der Waals surface area (Å²) in [6.45, 7) is 10.6.